The fourth-order valence-electron chi connectivity index (χ4n) is 4.54. The number of aryl methyl sites for hydroxylation is 1. The summed E-state index contributed by atoms with van der Waals surface area (Å²) in [5.74, 6) is 2.54. The van der Waals surface area contributed by atoms with Gasteiger partial charge < -0.3 is 24.4 Å². The lowest BCUT2D eigenvalue weighted by molar-refractivity contribution is 0.219. The lowest BCUT2D eigenvalue weighted by Gasteiger charge is -2.22. The molecule has 2 fully saturated rings. The van der Waals surface area contributed by atoms with Crippen LogP contribution in [0.5, 0.6) is 5.75 Å². The zero-order chi connectivity index (χ0) is 20.7. The number of nitrogens with zero attached hydrogens (tertiary/aromatic N) is 6. The highest BCUT2D eigenvalue weighted by Crippen LogP contribution is 2.35. The number of benzene rings is 1. The number of urea groups is 1. The third-order valence-corrected chi connectivity index (χ3v) is 6.14. The van der Waals surface area contributed by atoms with E-state index in [4.69, 9.17) is 4.74 Å². The predicted octanol–water partition coefficient (Wildman–Crippen LogP) is 2.45. The molecule has 0 spiro atoms. The number of anilines is 2. The normalized spacial score (nSPS) is 20.6. The third kappa shape index (κ3) is 3.20. The first kappa shape index (κ1) is 18.7. The summed E-state index contributed by atoms with van der Waals surface area (Å²) >= 11 is 0. The molecule has 5 rings (SSSR count). The van der Waals surface area contributed by atoms with Gasteiger partial charge in [-0.15, -0.1) is 0 Å². The van der Waals surface area contributed by atoms with Crippen LogP contribution in [0.2, 0.25) is 0 Å². The van der Waals surface area contributed by atoms with Crippen molar-refractivity contribution < 1.29 is 9.53 Å². The number of hydrogen-bond donors (Lipinski definition) is 1. The predicted molar refractivity (Wildman–Crippen MR) is 114 cm³/mol. The summed E-state index contributed by atoms with van der Waals surface area (Å²) in [5, 5.41) is 2.99. The number of likely N-dealkylation sites (tertiary alicyclic amines) is 1. The molecule has 4 heterocycles. The standard InChI is InChI=1S/C21H25N7O2/c1-3-26-13-24-18-19(26)22-12-23-20(18)27-8-14-10-28(11-15(14)9-27)21(29)25-16-4-6-17(30-2)7-5-16/h4-7,12-15H,3,8-11H2,1-2H3,(H,25,29). The van der Waals surface area contributed by atoms with E-state index >= 15 is 0 Å². The van der Waals surface area contributed by atoms with Gasteiger partial charge in [-0.3, -0.25) is 0 Å². The first-order valence-electron chi connectivity index (χ1n) is 10.3. The van der Waals surface area contributed by atoms with E-state index in [0.717, 1.165) is 61.1 Å². The van der Waals surface area contributed by atoms with Crippen molar-refractivity contribution in [3.8, 4) is 5.75 Å². The molecular weight excluding hydrogens is 382 g/mol. The smallest absolute Gasteiger partial charge is 0.321 e. The molecule has 9 nitrogen and oxygen atoms in total. The minimum Gasteiger partial charge on any atom is -0.497 e. The lowest BCUT2D eigenvalue weighted by Crippen LogP contribution is -2.36. The second-order valence-electron chi connectivity index (χ2n) is 7.89. The number of carbonyl (C=O) groups excluding carboxylic acids is 1. The van der Waals surface area contributed by atoms with E-state index in [-0.39, 0.29) is 6.03 Å². The summed E-state index contributed by atoms with van der Waals surface area (Å²) in [4.78, 5) is 30.4. The summed E-state index contributed by atoms with van der Waals surface area (Å²) in [6.45, 7) is 6.16. The van der Waals surface area contributed by atoms with E-state index < -0.39 is 0 Å². The molecule has 2 amide bonds. The number of fused-ring (bicyclic) bond motifs is 2. The number of amides is 2. The van der Waals surface area contributed by atoms with Crippen molar-refractivity contribution >= 4 is 28.7 Å². The molecule has 9 heteroatoms. The van der Waals surface area contributed by atoms with Crippen molar-refractivity contribution in [3.63, 3.8) is 0 Å². The van der Waals surface area contributed by atoms with Gasteiger partial charge in [-0.1, -0.05) is 0 Å². The molecule has 156 valence electrons. The number of ether oxygens (including phenoxy) is 1. The molecule has 1 aromatic carbocycles. The largest absolute Gasteiger partial charge is 0.497 e. The average Bonchev–Trinajstić information content (AvgIpc) is 3.46. The Kier molecular flexibility index (Phi) is 4.65. The molecule has 0 aliphatic carbocycles. The zero-order valence-corrected chi connectivity index (χ0v) is 17.2. The molecule has 0 saturated carbocycles. The highest BCUT2D eigenvalue weighted by atomic mass is 16.5. The molecular formula is C21H25N7O2. The number of rotatable bonds is 4. The van der Waals surface area contributed by atoms with Gasteiger partial charge in [-0.2, -0.15) is 0 Å². The number of hydrogen-bond acceptors (Lipinski definition) is 6. The Morgan fingerprint density at radius 3 is 2.50 bits per heavy atom. The van der Waals surface area contributed by atoms with E-state index in [1.54, 1.807) is 13.4 Å². The number of imidazole rings is 1. The first-order chi connectivity index (χ1) is 14.7. The van der Waals surface area contributed by atoms with E-state index in [9.17, 15) is 4.79 Å². The van der Waals surface area contributed by atoms with Gasteiger partial charge in [0.15, 0.2) is 17.0 Å². The maximum atomic E-state index is 12.7. The molecule has 30 heavy (non-hydrogen) atoms. The van der Waals surface area contributed by atoms with Crippen LogP contribution in [-0.4, -0.2) is 63.7 Å². The van der Waals surface area contributed by atoms with Crippen LogP contribution < -0.4 is 15.0 Å². The van der Waals surface area contributed by atoms with Gasteiger partial charge in [0.05, 0.1) is 13.4 Å². The molecule has 2 atom stereocenters. The average molecular weight is 407 g/mol. The molecule has 2 aliphatic heterocycles. The van der Waals surface area contributed by atoms with Gasteiger partial charge in [0.25, 0.3) is 0 Å². The maximum absolute atomic E-state index is 12.7. The van der Waals surface area contributed by atoms with Crippen molar-refractivity contribution in [2.24, 2.45) is 11.8 Å². The summed E-state index contributed by atoms with van der Waals surface area (Å²) in [5.41, 5.74) is 2.50. The topological polar surface area (TPSA) is 88.4 Å². The molecule has 3 aromatic rings. The molecule has 1 N–H and O–H groups in total. The van der Waals surface area contributed by atoms with E-state index in [0.29, 0.717) is 11.8 Å². The van der Waals surface area contributed by atoms with Crippen LogP contribution in [-0.2, 0) is 6.54 Å². The van der Waals surface area contributed by atoms with E-state index in [1.807, 2.05) is 40.1 Å². The molecule has 2 saturated heterocycles. The van der Waals surface area contributed by atoms with Crippen LogP contribution in [0.4, 0.5) is 16.3 Å². The Hall–Kier alpha value is -3.36. The van der Waals surface area contributed by atoms with Crippen molar-refractivity contribution in [3.05, 3.63) is 36.9 Å². The van der Waals surface area contributed by atoms with Crippen molar-refractivity contribution in [2.45, 2.75) is 13.5 Å². The van der Waals surface area contributed by atoms with E-state index in [1.165, 1.54) is 0 Å². The Bertz CT molecular complexity index is 1050. The van der Waals surface area contributed by atoms with Gasteiger partial charge >= 0.3 is 6.03 Å². The minimum absolute atomic E-state index is 0.0489. The molecule has 2 aliphatic rings. The van der Waals surface area contributed by atoms with E-state index in [2.05, 4.69) is 32.1 Å². The van der Waals surface area contributed by atoms with Gasteiger partial charge in [0, 0.05) is 50.2 Å². The molecule has 2 unspecified atom stereocenters. The van der Waals surface area contributed by atoms with Crippen LogP contribution in [0, 0.1) is 11.8 Å². The summed E-state index contributed by atoms with van der Waals surface area (Å²) in [6, 6.07) is 7.34. The summed E-state index contributed by atoms with van der Waals surface area (Å²) < 4.78 is 7.19. The summed E-state index contributed by atoms with van der Waals surface area (Å²) in [6.07, 6.45) is 3.44. The molecule has 0 radical (unpaired) electrons. The van der Waals surface area contributed by atoms with Crippen LogP contribution in [0.3, 0.4) is 0 Å². The van der Waals surface area contributed by atoms with Crippen molar-refractivity contribution in [1.82, 2.24) is 24.4 Å². The fourth-order valence-corrected chi connectivity index (χ4v) is 4.54. The minimum atomic E-state index is -0.0489. The van der Waals surface area contributed by atoms with Gasteiger partial charge in [-0.25, -0.2) is 19.7 Å². The lowest BCUT2D eigenvalue weighted by atomic mass is 10.0. The SMILES string of the molecule is CCn1cnc2c(N3CC4CN(C(=O)Nc5ccc(OC)cc5)CC4C3)ncnc21. The van der Waals surface area contributed by atoms with Crippen molar-refractivity contribution in [2.75, 3.05) is 43.5 Å². The van der Waals surface area contributed by atoms with Crippen LogP contribution >= 0.6 is 0 Å². The van der Waals surface area contributed by atoms with Crippen LogP contribution in [0.25, 0.3) is 11.2 Å². The van der Waals surface area contributed by atoms with Gasteiger partial charge in [0.2, 0.25) is 0 Å². The third-order valence-electron chi connectivity index (χ3n) is 6.14. The second-order valence-corrected chi connectivity index (χ2v) is 7.89. The first-order valence-corrected chi connectivity index (χ1v) is 10.3. The van der Waals surface area contributed by atoms with Gasteiger partial charge in [-0.05, 0) is 31.2 Å². The Labute approximate surface area is 174 Å². The highest BCUT2D eigenvalue weighted by Gasteiger charge is 2.42. The maximum Gasteiger partial charge on any atom is 0.321 e. The number of aromatic nitrogens is 4. The number of methoxy groups -OCH3 is 1. The quantitative estimate of drug-likeness (QED) is 0.715. The molecule has 0 bridgehead atoms. The van der Waals surface area contributed by atoms with Crippen LogP contribution in [0.1, 0.15) is 6.92 Å². The monoisotopic (exact) mass is 407 g/mol. The van der Waals surface area contributed by atoms with Crippen molar-refractivity contribution in [1.29, 1.82) is 0 Å². The zero-order valence-electron chi connectivity index (χ0n) is 17.2. The number of carbonyl (C=O) groups is 1. The van der Waals surface area contributed by atoms with Gasteiger partial charge in [0.1, 0.15) is 12.1 Å². The Morgan fingerprint density at radius 2 is 1.83 bits per heavy atom. The number of nitrogens with one attached hydrogen (secondary N) is 1. The Balaban J connectivity index is 1.24. The van der Waals surface area contributed by atoms with Crippen LogP contribution in [0.15, 0.2) is 36.9 Å². The highest BCUT2D eigenvalue weighted by molar-refractivity contribution is 5.89. The Morgan fingerprint density at radius 1 is 1.10 bits per heavy atom. The molecule has 2 aromatic heterocycles. The fraction of sp³-hybridized carbons (Fsp3) is 0.429. The second kappa shape index (κ2) is 7.47. The summed E-state index contributed by atoms with van der Waals surface area (Å²) in [7, 11) is 1.63.